The number of rotatable bonds is 5. The first kappa shape index (κ1) is 18.1. The molecule has 2 aromatic rings. The van der Waals surface area contributed by atoms with Crippen LogP contribution in [0.3, 0.4) is 0 Å². The van der Waals surface area contributed by atoms with Crippen LogP contribution in [-0.4, -0.2) is 47.2 Å². The van der Waals surface area contributed by atoms with Gasteiger partial charge in [0, 0.05) is 32.9 Å². The van der Waals surface area contributed by atoms with Crippen molar-refractivity contribution in [3.8, 4) is 0 Å². The number of aromatic nitrogens is 3. The number of anilines is 1. The lowest BCUT2D eigenvalue weighted by Crippen LogP contribution is -2.52. The Hall–Kier alpha value is -2.66. The number of hydrogen-bond donors (Lipinski definition) is 2. The fraction of sp³-hybridized carbons (Fsp3) is 0.400. The highest BCUT2D eigenvalue weighted by Gasteiger charge is 2.34. The van der Waals surface area contributed by atoms with Gasteiger partial charge in [0.1, 0.15) is 22.4 Å². The Morgan fingerprint density at radius 3 is 2.69 bits per heavy atom. The lowest BCUT2D eigenvalue weighted by Gasteiger charge is -2.32. The molecular formula is C15H20N6O4S. The number of carbonyl (C=O) groups excluding carboxylic acids is 2. The van der Waals surface area contributed by atoms with Gasteiger partial charge >= 0.3 is 0 Å². The number of piperidine rings is 1. The fourth-order valence-corrected chi connectivity index (χ4v) is 4.32. The van der Waals surface area contributed by atoms with Crippen molar-refractivity contribution in [1.29, 1.82) is 0 Å². The van der Waals surface area contributed by atoms with Crippen molar-refractivity contribution in [2.24, 2.45) is 19.8 Å². The van der Waals surface area contributed by atoms with E-state index in [0.717, 1.165) is 0 Å². The van der Waals surface area contributed by atoms with E-state index in [1.165, 1.54) is 28.8 Å². The van der Waals surface area contributed by atoms with Gasteiger partial charge in [-0.2, -0.15) is 9.82 Å². The molecule has 1 atom stereocenters. The van der Waals surface area contributed by atoms with Crippen LogP contribution in [0.5, 0.6) is 0 Å². The molecule has 0 unspecified atom stereocenters. The number of nitrogens with two attached hydrogens (primary N) is 1. The zero-order valence-corrected chi connectivity index (χ0v) is 15.2. The van der Waals surface area contributed by atoms with Gasteiger partial charge in [0.2, 0.25) is 15.9 Å². The Morgan fingerprint density at radius 2 is 2.12 bits per heavy atom. The summed E-state index contributed by atoms with van der Waals surface area (Å²) in [4.78, 5) is 25.5. The van der Waals surface area contributed by atoms with E-state index in [-0.39, 0.29) is 16.5 Å². The highest BCUT2D eigenvalue weighted by molar-refractivity contribution is 7.89. The van der Waals surface area contributed by atoms with E-state index in [1.54, 1.807) is 24.0 Å². The van der Waals surface area contributed by atoms with Crippen molar-refractivity contribution in [2.45, 2.75) is 23.8 Å². The summed E-state index contributed by atoms with van der Waals surface area (Å²) in [6, 6.07) is 2.00. The van der Waals surface area contributed by atoms with E-state index in [0.29, 0.717) is 25.2 Å². The maximum absolute atomic E-state index is 12.7. The quantitative estimate of drug-likeness (QED) is 0.710. The minimum absolute atomic E-state index is 0.0665. The number of carbonyl (C=O) groups is 2. The topological polar surface area (TPSA) is 132 Å². The summed E-state index contributed by atoms with van der Waals surface area (Å²) in [5.41, 5.74) is 5.29. The summed E-state index contributed by atoms with van der Waals surface area (Å²) in [6.45, 7) is 0.494. The van der Waals surface area contributed by atoms with Gasteiger partial charge in [0.15, 0.2) is 0 Å². The van der Waals surface area contributed by atoms with Crippen LogP contribution in [0.1, 0.15) is 23.3 Å². The predicted molar refractivity (Wildman–Crippen MR) is 92.8 cm³/mol. The molecule has 2 aromatic heterocycles. The maximum Gasteiger partial charge on any atom is 0.265 e. The smallest absolute Gasteiger partial charge is 0.265 e. The first-order valence-corrected chi connectivity index (χ1v) is 9.47. The fourth-order valence-electron chi connectivity index (χ4n) is 3.03. The second kappa shape index (κ2) is 6.57. The van der Waals surface area contributed by atoms with Gasteiger partial charge in [0.05, 0.1) is 6.20 Å². The van der Waals surface area contributed by atoms with Crippen LogP contribution in [0.4, 0.5) is 5.82 Å². The van der Waals surface area contributed by atoms with Crippen LogP contribution in [0.15, 0.2) is 29.4 Å². The summed E-state index contributed by atoms with van der Waals surface area (Å²) < 4.78 is 30.6. The number of primary amides is 1. The van der Waals surface area contributed by atoms with Crippen LogP contribution < -0.4 is 15.4 Å². The molecule has 2 amide bonds. The van der Waals surface area contributed by atoms with Crippen LogP contribution >= 0.6 is 0 Å². The van der Waals surface area contributed by atoms with E-state index in [4.69, 9.17) is 5.73 Å². The summed E-state index contributed by atoms with van der Waals surface area (Å²) >= 11 is 0. The molecule has 1 aliphatic rings. The van der Waals surface area contributed by atoms with Crippen molar-refractivity contribution >= 4 is 27.7 Å². The van der Waals surface area contributed by atoms with Crippen LogP contribution in [0, 0.1) is 0 Å². The molecule has 3 rings (SSSR count). The van der Waals surface area contributed by atoms with E-state index < -0.39 is 22.0 Å². The molecule has 0 aliphatic carbocycles. The Balaban J connectivity index is 1.83. The predicted octanol–water partition coefficient (Wildman–Crippen LogP) is -0.669. The first-order chi connectivity index (χ1) is 12.2. The summed E-state index contributed by atoms with van der Waals surface area (Å²) in [5, 5.41) is 4.04. The minimum atomic E-state index is -3.98. The number of sulfonamides is 1. The van der Waals surface area contributed by atoms with E-state index in [1.807, 2.05) is 0 Å². The van der Waals surface area contributed by atoms with Gasteiger partial charge < -0.3 is 10.3 Å². The van der Waals surface area contributed by atoms with E-state index >= 15 is 0 Å². The van der Waals surface area contributed by atoms with Gasteiger partial charge in [-0.1, -0.05) is 0 Å². The highest BCUT2D eigenvalue weighted by Crippen LogP contribution is 2.22. The van der Waals surface area contributed by atoms with Gasteiger partial charge in [-0.15, -0.1) is 0 Å². The summed E-state index contributed by atoms with van der Waals surface area (Å²) in [7, 11) is -0.742. The average molecular weight is 380 g/mol. The lowest BCUT2D eigenvalue weighted by atomic mass is 10.1. The minimum Gasteiger partial charge on any atom is -0.364 e. The van der Waals surface area contributed by atoms with Crippen LogP contribution in [0.25, 0.3) is 0 Å². The SMILES string of the molecule is Cn1cc(S(=O)(=O)N[C@@H]2CCCN(c3ccnn3C)C2=O)cc1C(N)=O. The molecule has 3 heterocycles. The van der Waals surface area contributed by atoms with Gasteiger partial charge in [-0.3, -0.25) is 19.2 Å². The molecule has 1 saturated heterocycles. The molecule has 0 aromatic carbocycles. The maximum atomic E-state index is 12.7. The van der Waals surface area contributed by atoms with Crippen molar-refractivity contribution in [1.82, 2.24) is 19.1 Å². The monoisotopic (exact) mass is 380 g/mol. The van der Waals surface area contributed by atoms with Crippen LogP contribution in [-0.2, 0) is 28.9 Å². The number of nitrogens with zero attached hydrogens (tertiary/aromatic N) is 4. The highest BCUT2D eigenvalue weighted by atomic mass is 32.2. The van der Waals surface area contributed by atoms with Gasteiger partial charge in [-0.25, -0.2) is 8.42 Å². The van der Waals surface area contributed by atoms with Crippen molar-refractivity contribution < 1.29 is 18.0 Å². The molecule has 1 fully saturated rings. The molecule has 0 radical (unpaired) electrons. The first-order valence-electron chi connectivity index (χ1n) is 7.98. The van der Waals surface area contributed by atoms with Gasteiger partial charge in [-0.05, 0) is 18.9 Å². The third kappa shape index (κ3) is 3.22. The van der Waals surface area contributed by atoms with Crippen molar-refractivity contribution in [3.05, 3.63) is 30.2 Å². The molecule has 140 valence electrons. The van der Waals surface area contributed by atoms with Crippen LogP contribution in [0.2, 0.25) is 0 Å². The molecule has 0 saturated carbocycles. The molecule has 3 N–H and O–H groups in total. The Kier molecular flexibility index (Phi) is 4.59. The molecule has 1 aliphatic heterocycles. The summed E-state index contributed by atoms with van der Waals surface area (Å²) in [6.07, 6.45) is 3.90. The largest absolute Gasteiger partial charge is 0.364 e. The normalized spacial score (nSPS) is 18.3. The zero-order chi connectivity index (χ0) is 19.1. The number of aryl methyl sites for hydroxylation is 2. The third-order valence-corrected chi connectivity index (χ3v) is 5.79. The third-order valence-electron chi connectivity index (χ3n) is 4.35. The standard InChI is InChI=1S/C15H20N6O4S/c1-19-9-10(8-12(19)14(16)22)26(24,25)18-11-4-3-7-21(15(11)23)13-5-6-17-20(13)2/h5-6,8-9,11,18H,3-4,7H2,1-2H3,(H2,16,22)/t11-/m1/s1. The number of hydrogen-bond acceptors (Lipinski definition) is 5. The van der Waals surface area contributed by atoms with Crippen molar-refractivity contribution in [3.63, 3.8) is 0 Å². The molecule has 10 nitrogen and oxygen atoms in total. The molecule has 11 heteroatoms. The number of amides is 2. The van der Waals surface area contributed by atoms with Crippen molar-refractivity contribution in [2.75, 3.05) is 11.4 Å². The molecule has 0 bridgehead atoms. The lowest BCUT2D eigenvalue weighted by molar-refractivity contribution is -0.121. The molecular weight excluding hydrogens is 360 g/mol. The molecule has 26 heavy (non-hydrogen) atoms. The Bertz CT molecular complexity index is 961. The second-order valence-electron chi connectivity index (χ2n) is 6.16. The Morgan fingerprint density at radius 1 is 1.38 bits per heavy atom. The average Bonchev–Trinajstić information content (AvgIpc) is 3.15. The molecule has 0 spiro atoms. The zero-order valence-electron chi connectivity index (χ0n) is 14.4. The van der Waals surface area contributed by atoms with Gasteiger partial charge in [0.25, 0.3) is 5.91 Å². The van der Waals surface area contributed by atoms with E-state index in [9.17, 15) is 18.0 Å². The summed E-state index contributed by atoms with van der Waals surface area (Å²) in [5.74, 6) is -0.464. The Labute approximate surface area is 150 Å². The second-order valence-corrected chi connectivity index (χ2v) is 7.87. The van der Waals surface area contributed by atoms with E-state index in [2.05, 4.69) is 9.82 Å². The number of nitrogens with one attached hydrogen (secondary N) is 1.